The third kappa shape index (κ3) is 8.60. The van der Waals surface area contributed by atoms with E-state index in [1.807, 2.05) is 24.3 Å². The van der Waals surface area contributed by atoms with E-state index in [1.165, 1.54) is 7.11 Å². The quantitative estimate of drug-likeness (QED) is 0.151. The lowest BCUT2D eigenvalue weighted by molar-refractivity contribution is -0.136. The minimum Gasteiger partial charge on any atom is -0.493 e. The van der Waals surface area contributed by atoms with Crippen molar-refractivity contribution < 1.29 is 27.8 Å². The number of rotatable bonds is 11. The maximum Gasteiger partial charge on any atom is 0.307 e. The number of sulfonamides is 1. The molecule has 0 aliphatic rings. The summed E-state index contributed by atoms with van der Waals surface area (Å²) in [6, 6.07) is 21.0. The average Bonchev–Trinajstić information content (AvgIpc) is 2.91. The normalized spacial score (nSPS) is 12.2. The molecule has 0 saturated carbocycles. The smallest absolute Gasteiger partial charge is 0.307 e. The molecule has 0 fully saturated rings. The highest BCUT2D eigenvalue weighted by atomic mass is 32.2. The van der Waals surface area contributed by atoms with Crippen LogP contribution < -0.4 is 19.5 Å². The first kappa shape index (κ1) is 33.0. The summed E-state index contributed by atoms with van der Waals surface area (Å²) >= 11 is 1.69. The van der Waals surface area contributed by atoms with E-state index in [-0.39, 0.29) is 21.6 Å². The number of fused-ring (bicyclic) bond motifs is 1. The number of ether oxygens (including phenoxy) is 2. The van der Waals surface area contributed by atoms with Gasteiger partial charge < -0.3 is 19.9 Å². The van der Waals surface area contributed by atoms with E-state index < -0.39 is 16.0 Å². The molecule has 234 valence electrons. The average molecular weight is 637 g/mol. The van der Waals surface area contributed by atoms with E-state index in [4.69, 9.17) is 9.47 Å². The highest BCUT2D eigenvalue weighted by Gasteiger charge is 2.22. The number of carboxylic acid groups (broad SMARTS) is 1. The zero-order valence-electron chi connectivity index (χ0n) is 26.1. The molecule has 0 spiro atoms. The van der Waals surface area contributed by atoms with Crippen LogP contribution in [0.15, 0.2) is 77.7 Å². The molecule has 4 aromatic carbocycles. The Morgan fingerprint density at radius 1 is 0.864 bits per heavy atom. The first-order valence-electron chi connectivity index (χ1n) is 14.2. The van der Waals surface area contributed by atoms with Crippen molar-refractivity contribution in [2.45, 2.75) is 68.9 Å². The van der Waals surface area contributed by atoms with Crippen LogP contribution in [0.2, 0.25) is 0 Å². The molecule has 10 heteroatoms. The number of hydrogen-bond donors (Lipinski definition) is 3. The Morgan fingerprint density at radius 3 is 2.20 bits per heavy atom. The Balaban J connectivity index is 1.71. The van der Waals surface area contributed by atoms with E-state index in [2.05, 4.69) is 51.6 Å². The van der Waals surface area contributed by atoms with Gasteiger partial charge >= 0.3 is 5.97 Å². The summed E-state index contributed by atoms with van der Waals surface area (Å²) in [7, 11) is -2.44. The van der Waals surface area contributed by atoms with Crippen molar-refractivity contribution in [1.82, 2.24) is 0 Å². The Bertz CT molecular complexity index is 1770. The number of carboxylic acids is 1. The van der Waals surface area contributed by atoms with E-state index in [0.717, 1.165) is 16.6 Å². The number of thioether (sulfide) groups is 1. The second-order valence-electron chi connectivity index (χ2n) is 12.5. The van der Waals surface area contributed by atoms with Gasteiger partial charge in [0.1, 0.15) is 5.75 Å². The molecule has 0 aromatic heterocycles. The Hall–Kier alpha value is -3.89. The maximum atomic E-state index is 13.8. The van der Waals surface area contributed by atoms with Crippen LogP contribution in [0.25, 0.3) is 10.8 Å². The first-order valence-corrected chi connectivity index (χ1v) is 16.7. The van der Waals surface area contributed by atoms with Crippen LogP contribution >= 0.6 is 11.8 Å². The molecule has 4 rings (SSSR count). The second-order valence-corrected chi connectivity index (χ2v) is 16.0. The summed E-state index contributed by atoms with van der Waals surface area (Å²) < 4.78 is 42.0. The molecule has 0 aliphatic heterocycles. The van der Waals surface area contributed by atoms with Crippen LogP contribution in [-0.2, 0) is 27.0 Å². The molecule has 0 atom stereocenters. The van der Waals surface area contributed by atoms with Crippen molar-refractivity contribution in [2.24, 2.45) is 0 Å². The van der Waals surface area contributed by atoms with Gasteiger partial charge in [-0.05, 0) is 68.8 Å². The number of hydrogen-bond acceptors (Lipinski definition) is 7. The highest BCUT2D eigenvalue weighted by molar-refractivity contribution is 7.99. The third-order valence-electron chi connectivity index (χ3n) is 6.46. The summed E-state index contributed by atoms with van der Waals surface area (Å²) in [5, 5.41) is 14.1. The first-order chi connectivity index (χ1) is 20.5. The molecule has 0 aliphatic carbocycles. The fourth-order valence-electron chi connectivity index (χ4n) is 4.59. The number of aliphatic carboxylic acids is 1. The highest BCUT2D eigenvalue weighted by Crippen LogP contribution is 2.39. The topological polar surface area (TPSA) is 114 Å². The molecule has 0 unspecified atom stereocenters. The predicted molar refractivity (Wildman–Crippen MR) is 180 cm³/mol. The van der Waals surface area contributed by atoms with Gasteiger partial charge in [-0.15, -0.1) is 0 Å². The number of nitrogens with one attached hydrogen (secondary N) is 2. The predicted octanol–water partition coefficient (Wildman–Crippen LogP) is 8.31. The van der Waals surface area contributed by atoms with Crippen LogP contribution in [0.4, 0.5) is 11.4 Å². The lowest BCUT2D eigenvalue weighted by Gasteiger charge is -2.23. The summed E-state index contributed by atoms with van der Waals surface area (Å²) in [5.41, 5.74) is 2.39. The van der Waals surface area contributed by atoms with E-state index >= 15 is 0 Å². The van der Waals surface area contributed by atoms with Crippen molar-refractivity contribution in [3.63, 3.8) is 0 Å². The molecular weight excluding hydrogens is 597 g/mol. The van der Waals surface area contributed by atoms with Crippen LogP contribution in [-0.4, -0.2) is 36.9 Å². The van der Waals surface area contributed by atoms with E-state index in [9.17, 15) is 18.3 Å². The van der Waals surface area contributed by atoms with Crippen LogP contribution in [0.1, 0.15) is 52.7 Å². The van der Waals surface area contributed by atoms with Gasteiger partial charge in [-0.25, -0.2) is 8.42 Å². The fourth-order valence-corrected chi connectivity index (χ4v) is 6.68. The number of carbonyl (C=O) groups is 1. The monoisotopic (exact) mass is 636 g/mol. The zero-order chi connectivity index (χ0) is 32.3. The maximum absolute atomic E-state index is 13.8. The Morgan fingerprint density at radius 2 is 1.55 bits per heavy atom. The van der Waals surface area contributed by atoms with Crippen LogP contribution in [0.5, 0.6) is 17.2 Å². The number of methoxy groups -OCH3 is 1. The Labute approximate surface area is 264 Å². The zero-order valence-corrected chi connectivity index (χ0v) is 27.8. The molecule has 0 heterocycles. The fraction of sp³-hybridized carbons (Fsp3) is 0.324. The van der Waals surface area contributed by atoms with E-state index in [1.54, 1.807) is 60.3 Å². The molecule has 4 aromatic rings. The van der Waals surface area contributed by atoms with Gasteiger partial charge in [0.2, 0.25) is 0 Å². The van der Waals surface area contributed by atoms with E-state index in [0.29, 0.717) is 39.6 Å². The second kappa shape index (κ2) is 13.0. The van der Waals surface area contributed by atoms with Crippen molar-refractivity contribution >= 4 is 49.9 Å². The van der Waals surface area contributed by atoms with Gasteiger partial charge in [-0.2, -0.15) is 11.8 Å². The van der Waals surface area contributed by atoms with Crippen LogP contribution in [0, 0.1) is 0 Å². The van der Waals surface area contributed by atoms with Gasteiger partial charge in [0, 0.05) is 43.7 Å². The molecule has 0 saturated heterocycles. The largest absolute Gasteiger partial charge is 0.493 e. The molecule has 0 amide bonds. The molecule has 0 bridgehead atoms. The van der Waals surface area contributed by atoms with Crippen molar-refractivity contribution in [2.75, 3.05) is 17.1 Å². The van der Waals surface area contributed by atoms with Gasteiger partial charge in [0.05, 0.1) is 18.4 Å². The molecule has 0 radical (unpaired) electrons. The van der Waals surface area contributed by atoms with Crippen molar-refractivity contribution in [3.05, 3.63) is 83.9 Å². The lowest BCUT2D eigenvalue weighted by Crippen LogP contribution is -2.26. The summed E-state index contributed by atoms with van der Waals surface area (Å²) in [6.45, 7) is 12.5. The van der Waals surface area contributed by atoms with Crippen molar-refractivity contribution in [3.8, 4) is 17.2 Å². The van der Waals surface area contributed by atoms with Crippen molar-refractivity contribution in [1.29, 1.82) is 0 Å². The summed E-state index contributed by atoms with van der Waals surface area (Å²) in [4.78, 5) is 11.5. The summed E-state index contributed by atoms with van der Waals surface area (Å²) in [6.07, 6.45) is -0.157. The van der Waals surface area contributed by atoms with Gasteiger partial charge in [-0.3, -0.25) is 9.52 Å². The summed E-state index contributed by atoms with van der Waals surface area (Å²) in [5.74, 6) is 0.930. The Kier molecular flexibility index (Phi) is 9.75. The standard InChI is InChI=1S/C34H40N2O6S2/c1-33(2,3)35-27-12-8-11-26-25(27)10-9-13-31(26)44(39,40)36-24-15-17-28(23(20-24)21-43-34(4,5)6)42-30-18-22(19-32(37)38)14-16-29(30)41-7/h8-18,20,35-36H,19,21H2,1-7H3,(H,37,38). The van der Waals surface area contributed by atoms with Gasteiger partial charge in [0.25, 0.3) is 10.0 Å². The van der Waals surface area contributed by atoms with Gasteiger partial charge in [-0.1, -0.05) is 51.1 Å². The van der Waals surface area contributed by atoms with Gasteiger partial charge in [0.15, 0.2) is 11.5 Å². The molecule has 8 nitrogen and oxygen atoms in total. The third-order valence-corrected chi connectivity index (χ3v) is 9.22. The molecule has 3 N–H and O–H groups in total. The number of benzene rings is 4. The number of anilines is 2. The molecular formula is C34H40N2O6S2. The SMILES string of the molecule is COc1ccc(CC(=O)O)cc1Oc1ccc(NS(=O)(=O)c2cccc3c(NC(C)(C)C)cccc23)cc1CSC(C)(C)C. The minimum absolute atomic E-state index is 0.0619. The lowest BCUT2D eigenvalue weighted by atomic mass is 10.0. The minimum atomic E-state index is -3.96. The molecule has 44 heavy (non-hydrogen) atoms. The van der Waals surface area contributed by atoms with Crippen LogP contribution in [0.3, 0.4) is 0 Å².